The zero-order valence-corrected chi connectivity index (χ0v) is 11.7. The van der Waals surface area contributed by atoms with E-state index in [2.05, 4.69) is 43.0 Å². The minimum atomic E-state index is 0.962. The Hall–Kier alpha value is -1.28. The summed E-state index contributed by atoms with van der Waals surface area (Å²) in [7, 11) is 1.73. The maximum atomic E-state index is 5.32. The van der Waals surface area contributed by atoms with Crippen LogP contribution in [0.25, 0.3) is 5.57 Å². The van der Waals surface area contributed by atoms with Gasteiger partial charge in [-0.05, 0) is 54.8 Å². The van der Waals surface area contributed by atoms with E-state index < -0.39 is 0 Å². The molecule has 0 radical (unpaired) electrons. The maximum absolute atomic E-state index is 5.32. The quantitative estimate of drug-likeness (QED) is 0.788. The van der Waals surface area contributed by atoms with Crippen LogP contribution in [-0.2, 0) is 6.42 Å². The monoisotopic (exact) mass is 245 g/mol. The summed E-state index contributed by atoms with van der Waals surface area (Å²) in [5, 5.41) is 0. The number of likely N-dealkylation sites (N-methyl/N-ethyl adjacent to an activating group) is 1. The van der Waals surface area contributed by atoms with Crippen molar-refractivity contribution in [2.45, 2.75) is 26.7 Å². The van der Waals surface area contributed by atoms with E-state index in [0.717, 1.165) is 25.4 Å². The highest BCUT2D eigenvalue weighted by Crippen LogP contribution is 2.34. The molecule has 1 aromatic carbocycles. The summed E-state index contributed by atoms with van der Waals surface area (Å²) < 4.78 is 5.32. The first-order valence-corrected chi connectivity index (χ1v) is 6.87. The van der Waals surface area contributed by atoms with Crippen molar-refractivity contribution in [3.8, 4) is 5.75 Å². The number of rotatable bonds is 5. The van der Waals surface area contributed by atoms with Gasteiger partial charge in [-0.25, -0.2) is 0 Å². The van der Waals surface area contributed by atoms with Gasteiger partial charge in [-0.3, -0.25) is 0 Å². The molecule has 0 N–H and O–H groups in total. The molecule has 2 nitrogen and oxygen atoms in total. The van der Waals surface area contributed by atoms with Crippen molar-refractivity contribution in [3.05, 3.63) is 35.4 Å². The Morgan fingerprint density at radius 1 is 1.22 bits per heavy atom. The molecule has 18 heavy (non-hydrogen) atoms. The molecule has 0 amide bonds. The molecule has 0 spiro atoms. The summed E-state index contributed by atoms with van der Waals surface area (Å²) in [5.74, 6) is 0.962. The SMILES string of the molecule is CCN(CC)C/C=C1\CCc2ccc(OC)cc21. The fraction of sp³-hybridized carbons (Fsp3) is 0.500. The second-order valence-corrected chi connectivity index (χ2v) is 4.74. The van der Waals surface area contributed by atoms with E-state index in [0.29, 0.717) is 0 Å². The van der Waals surface area contributed by atoms with Gasteiger partial charge in [-0.15, -0.1) is 0 Å². The molecule has 1 aromatic rings. The lowest BCUT2D eigenvalue weighted by Crippen LogP contribution is -2.22. The van der Waals surface area contributed by atoms with Gasteiger partial charge in [-0.1, -0.05) is 26.0 Å². The van der Waals surface area contributed by atoms with Crippen LogP contribution >= 0.6 is 0 Å². The zero-order chi connectivity index (χ0) is 13.0. The number of benzene rings is 1. The average Bonchev–Trinajstić information content (AvgIpc) is 2.82. The van der Waals surface area contributed by atoms with Crippen molar-refractivity contribution >= 4 is 5.57 Å². The molecule has 0 saturated carbocycles. The predicted octanol–water partition coefficient (Wildman–Crippen LogP) is 3.37. The van der Waals surface area contributed by atoms with Crippen LogP contribution < -0.4 is 4.74 Å². The average molecular weight is 245 g/mol. The summed E-state index contributed by atoms with van der Waals surface area (Å²) in [6.45, 7) is 7.72. The molecule has 1 aliphatic rings. The Kier molecular flexibility index (Phi) is 4.43. The number of aryl methyl sites for hydroxylation is 1. The van der Waals surface area contributed by atoms with Crippen LogP contribution in [0.15, 0.2) is 24.3 Å². The lowest BCUT2D eigenvalue weighted by Gasteiger charge is -2.16. The molecule has 0 unspecified atom stereocenters. The van der Waals surface area contributed by atoms with Gasteiger partial charge in [0, 0.05) is 6.54 Å². The van der Waals surface area contributed by atoms with E-state index in [4.69, 9.17) is 4.74 Å². The molecular weight excluding hydrogens is 222 g/mol. The highest BCUT2D eigenvalue weighted by molar-refractivity contribution is 5.73. The minimum absolute atomic E-state index is 0.962. The molecule has 2 heteroatoms. The fourth-order valence-electron chi connectivity index (χ4n) is 2.54. The number of fused-ring (bicyclic) bond motifs is 1. The van der Waals surface area contributed by atoms with Crippen LogP contribution in [-0.4, -0.2) is 31.6 Å². The normalized spacial score (nSPS) is 16.3. The molecule has 0 atom stereocenters. The van der Waals surface area contributed by atoms with Gasteiger partial charge in [0.15, 0.2) is 0 Å². The molecule has 0 bridgehead atoms. The van der Waals surface area contributed by atoms with Gasteiger partial charge in [0.2, 0.25) is 0 Å². The minimum Gasteiger partial charge on any atom is -0.497 e. The van der Waals surface area contributed by atoms with Gasteiger partial charge < -0.3 is 9.64 Å². The van der Waals surface area contributed by atoms with Gasteiger partial charge in [0.05, 0.1) is 7.11 Å². The summed E-state index contributed by atoms with van der Waals surface area (Å²) >= 11 is 0. The molecule has 0 fully saturated rings. The Labute approximate surface area is 110 Å². The standard InChI is InChI=1S/C16H23NO/c1-4-17(5-2)11-10-14-7-6-13-8-9-15(18-3)12-16(13)14/h8-10,12H,4-7,11H2,1-3H3/b14-10+. The van der Waals surface area contributed by atoms with Crippen molar-refractivity contribution in [2.75, 3.05) is 26.7 Å². The van der Waals surface area contributed by atoms with E-state index in [1.54, 1.807) is 7.11 Å². The Balaban J connectivity index is 2.17. The molecule has 0 aliphatic heterocycles. The van der Waals surface area contributed by atoms with Crippen LogP contribution in [0.1, 0.15) is 31.4 Å². The van der Waals surface area contributed by atoms with Gasteiger partial charge in [0.25, 0.3) is 0 Å². The number of ether oxygens (including phenoxy) is 1. The van der Waals surface area contributed by atoms with Crippen molar-refractivity contribution in [1.82, 2.24) is 4.90 Å². The van der Waals surface area contributed by atoms with E-state index in [-0.39, 0.29) is 0 Å². The van der Waals surface area contributed by atoms with Crippen molar-refractivity contribution in [2.24, 2.45) is 0 Å². The van der Waals surface area contributed by atoms with E-state index >= 15 is 0 Å². The third-order valence-corrected chi connectivity index (χ3v) is 3.82. The van der Waals surface area contributed by atoms with Crippen LogP contribution in [0.3, 0.4) is 0 Å². The summed E-state index contributed by atoms with van der Waals surface area (Å²) in [5.41, 5.74) is 4.33. The van der Waals surface area contributed by atoms with Crippen molar-refractivity contribution in [3.63, 3.8) is 0 Å². The zero-order valence-electron chi connectivity index (χ0n) is 11.7. The molecule has 2 rings (SSSR count). The molecule has 98 valence electrons. The third kappa shape index (κ3) is 2.75. The molecule has 0 aromatic heterocycles. The summed E-state index contributed by atoms with van der Waals surface area (Å²) in [6, 6.07) is 6.44. The number of hydrogen-bond donors (Lipinski definition) is 0. The van der Waals surface area contributed by atoms with Crippen molar-refractivity contribution < 1.29 is 4.74 Å². The largest absolute Gasteiger partial charge is 0.497 e. The summed E-state index contributed by atoms with van der Waals surface area (Å²) in [6.07, 6.45) is 4.73. The molecule has 0 heterocycles. The van der Waals surface area contributed by atoms with Gasteiger partial charge in [0.1, 0.15) is 5.75 Å². The van der Waals surface area contributed by atoms with Crippen LogP contribution in [0, 0.1) is 0 Å². The van der Waals surface area contributed by atoms with Gasteiger partial charge in [-0.2, -0.15) is 0 Å². The van der Waals surface area contributed by atoms with Crippen LogP contribution in [0.4, 0.5) is 0 Å². The first-order chi connectivity index (χ1) is 8.78. The van der Waals surface area contributed by atoms with E-state index in [1.165, 1.54) is 29.5 Å². The number of hydrogen-bond acceptors (Lipinski definition) is 2. The Bertz CT molecular complexity index is 433. The summed E-state index contributed by atoms with van der Waals surface area (Å²) in [4.78, 5) is 2.44. The topological polar surface area (TPSA) is 12.5 Å². The third-order valence-electron chi connectivity index (χ3n) is 3.82. The van der Waals surface area contributed by atoms with Gasteiger partial charge >= 0.3 is 0 Å². The maximum Gasteiger partial charge on any atom is 0.119 e. The lowest BCUT2D eigenvalue weighted by atomic mass is 10.1. The molecular formula is C16H23NO. The lowest BCUT2D eigenvalue weighted by molar-refractivity contribution is 0.337. The first-order valence-electron chi connectivity index (χ1n) is 6.87. The first kappa shape index (κ1) is 13.2. The second-order valence-electron chi connectivity index (χ2n) is 4.74. The fourth-order valence-corrected chi connectivity index (χ4v) is 2.54. The van der Waals surface area contributed by atoms with Crippen molar-refractivity contribution in [1.29, 1.82) is 0 Å². The molecule has 0 saturated heterocycles. The smallest absolute Gasteiger partial charge is 0.119 e. The number of nitrogens with zero attached hydrogens (tertiary/aromatic N) is 1. The molecule has 1 aliphatic carbocycles. The Morgan fingerprint density at radius 2 is 2.00 bits per heavy atom. The van der Waals surface area contributed by atoms with E-state index in [9.17, 15) is 0 Å². The highest BCUT2D eigenvalue weighted by atomic mass is 16.5. The number of allylic oxidation sites excluding steroid dienone is 1. The van der Waals surface area contributed by atoms with E-state index in [1.807, 2.05) is 0 Å². The number of methoxy groups -OCH3 is 1. The van der Waals surface area contributed by atoms with Crippen LogP contribution in [0.5, 0.6) is 5.75 Å². The van der Waals surface area contributed by atoms with Crippen LogP contribution in [0.2, 0.25) is 0 Å². The second kappa shape index (κ2) is 6.05. The predicted molar refractivity (Wildman–Crippen MR) is 77.1 cm³/mol. The Morgan fingerprint density at radius 3 is 2.67 bits per heavy atom. The highest BCUT2D eigenvalue weighted by Gasteiger charge is 2.16.